The van der Waals surface area contributed by atoms with Crippen LogP contribution in [0.25, 0.3) is 21.6 Å². The highest BCUT2D eigenvalue weighted by Crippen LogP contribution is 2.27. The molecule has 6 nitrogen and oxygen atoms in total. The van der Waals surface area contributed by atoms with Crippen molar-refractivity contribution in [1.29, 1.82) is 0 Å². The topological polar surface area (TPSA) is 75.6 Å². The molecule has 0 aliphatic rings. The summed E-state index contributed by atoms with van der Waals surface area (Å²) in [5.74, 6) is 0.446. The molecule has 0 fully saturated rings. The third kappa shape index (κ3) is 3.74. The van der Waals surface area contributed by atoms with Crippen LogP contribution in [0.3, 0.4) is 0 Å². The second-order valence-corrected chi connectivity index (χ2v) is 7.95. The number of carbonyl (C=O) groups is 1. The Morgan fingerprint density at radius 2 is 2.14 bits per heavy atom. The van der Waals surface area contributed by atoms with Crippen LogP contribution in [0.5, 0.6) is 0 Å². The number of thiazole rings is 1. The van der Waals surface area contributed by atoms with E-state index in [0.717, 1.165) is 27.8 Å². The van der Waals surface area contributed by atoms with Gasteiger partial charge in [-0.1, -0.05) is 48.1 Å². The highest BCUT2D eigenvalue weighted by atomic mass is 32.1. The fourth-order valence-corrected chi connectivity index (χ4v) is 4.16. The van der Waals surface area contributed by atoms with Crippen molar-refractivity contribution in [3.63, 3.8) is 0 Å². The lowest BCUT2D eigenvalue weighted by Gasteiger charge is -2.07. The summed E-state index contributed by atoms with van der Waals surface area (Å²) in [5, 5.41) is 10.5. The fraction of sp³-hybridized carbons (Fsp3) is 0.200. The molecule has 0 saturated heterocycles. The van der Waals surface area contributed by atoms with Crippen molar-refractivity contribution >= 4 is 44.8 Å². The predicted molar refractivity (Wildman–Crippen MR) is 115 cm³/mol. The van der Waals surface area contributed by atoms with E-state index in [1.807, 2.05) is 37.3 Å². The number of aromatic nitrogens is 4. The summed E-state index contributed by atoms with van der Waals surface area (Å²) in [5.41, 5.74) is 4.16. The van der Waals surface area contributed by atoms with Gasteiger partial charge in [0.15, 0.2) is 15.7 Å². The number of benzene rings is 2. The summed E-state index contributed by atoms with van der Waals surface area (Å²) >= 11 is 6.79. The molecule has 2 aromatic heterocycles. The molecule has 0 saturated carbocycles. The zero-order valence-electron chi connectivity index (χ0n) is 15.5. The predicted octanol–water partition coefficient (Wildman–Crippen LogP) is 4.73. The molecule has 0 radical (unpaired) electrons. The Labute approximate surface area is 171 Å². The smallest absolute Gasteiger partial charge is 0.246 e. The Morgan fingerprint density at radius 1 is 1.29 bits per heavy atom. The number of hydrogen-bond acceptors (Lipinski definition) is 5. The van der Waals surface area contributed by atoms with Crippen molar-refractivity contribution < 1.29 is 4.79 Å². The van der Waals surface area contributed by atoms with Crippen LogP contribution < -0.4 is 5.32 Å². The number of rotatable bonds is 5. The molecule has 2 heterocycles. The summed E-state index contributed by atoms with van der Waals surface area (Å²) in [6.07, 6.45) is 0.968. The van der Waals surface area contributed by atoms with E-state index in [4.69, 9.17) is 12.2 Å². The lowest BCUT2D eigenvalue weighted by Crippen LogP contribution is -2.19. The van der Waals surface area contributed by atoms with Crippen molar-refractivity contribution in [2.75, 3.05) is 5.32 Å². The monoisotopic (exact) mass is 409 g/mol. The molecule has 0 bridgehead atoms. The summed E-state index contributed by atoms with van der Waals surface area (Å²) in [7, 11) is 0. The lowest BCUT2D eigenvalue weighted by atomic mass is 10.1. The van der Waals surface area contributed by atoms with Gasteiger partial charge in [-0.05, 0) is 49.3 Å². The van der Waals surface area contributed by atoms with Gasteiger partial charge in [0.1, 0.15) is 6.54 Å². The first-order valence-electron chi connectivity index (χ1n) is 8.95. The molecular formula is C20H19N5OS2. The molecule has 0 atom stereocenters. The number of anilines is 1. The van der Waals surface area contributed by atoms with Crippen LogP contribution in [0.15, 0.2) is 42.5 Å². The molecule has 28 heavy (non-hydrogen) atoms. The lowest BCUT2D eigenvalue weighted by molar-refractivity contribution is -0.116. The van der Waals surface area contributed by atoms with Crippen LogP contribution in [-0.2, 0) is 17.8 Å². The van der Waals surface area contributed by atoms with E-state index in [-0.39, 0.29) is 12.5 Å². The number of nitrogens with zero attached hydrogens (tertiary/aromatic N) is 3. The minimum atomic E-state index is -0.193. The molecule has 2 aromatic carbocycles. The second kappa shape index (κ2) is 7.65. The maximum Gasteiger partial charge on any atom is 0.246 e. The first-order valence-corrected chi connectivity index (χ1v) is 10.2. The summed E-state index contributed by atoms with van der Waals surface area (Å²) < 4.78 is 3.17. The third-order valence-electron chi connectivity index (χ3n) is 4.44. The van der Waals surface area contributed by atoms with Gasteiger partial charge in [-0.3, -0.25) is 14.5 Å². The molecule has 8 heteroatoms. The minimum absolute atomic E-state index is 0.0642. The quantitative estimate of drug-likeness (QED) is 0.467. The molecule has 0 spiro atoms. The Bertz CT molecular complexity index is 1220. The van der Waals surface area contributed by atoms with E-state index in [1.54, 1.807) is 4.57 Å². The van der Waals surface area contributed by atoms with E-state index in [2.05, 4.69) is 39.6 Å². The standard InChI is InChI=1S/C20H19N5OS2/c1-3-13-7-8-15-16(10-13)28-19(21-15)22-17(26)11-25-18(23-24-20(25)27)14-6-4-5-12(2)9-14/h4-10H,3,11H2,1-2H3,(H,24,27)(H,21,22,26). The number of amides is 1. The van der Waals surface area contributed by atoms with Gasteiger partial charge in [0, 0.05) is 5.56 Å². The van der Waals surface area contributed by atoms with Crippen LogP contribution in [0, 0.1) is 11.7 Å². The van der Waals surface area contributed by atoms with Crippen molar-refractivity contribution in [2.24, 2.45) is 0 Å². The molecule has 0 aliphatic heterocycles. The molecule has 2 N–H and O–H groups in total. The van der Waals surface area contributed by atoms with Gasteiger partial charge in [0.2, 0.25) is 5.91 Å². The molecule has 0 unspecified atom stereocenters. The van der Waals surface area contributed by atoms with Crippen LogP contribution in [0.2, 0.25) is 0 Å². The molecule has 0 aliphatic carbocycles. The number of nitrogens with one attached hydrogen (secondary N) is 2. The normalized spacial score (nSPS) is 11.1. The molecule has 142 valence electrons. The van der Waals surface area contributed by atoms with Crippen LogP contribution in [0.1, 0.15) is 18.1 Å². The van der Waals surface area contributed by atoms with Crippen molar-refractivity contribution in [3.8, 4) is 11.4 Å². The van der Waals surface area contributed by atoms with Crippen LogP contribution in [-0.4, -0.2) is 25.7 Å². The van der Waals surface area contributed by atoms with Crippen LogP contribution >= 0.6 is 23.6 Å². The van der Waals surface area contributed by atoms with Gasteiger partial charge >= 0.3 is 0 Å². The van der Waals surface area contributed by atoms with Gasteiger partial charge in [-0.25, -0.2) is 4.98 Å². The number of H-pyrrole nitrogens is 1. The van der Waals surface area contributed by atoms with Gasteiger partial charge < -0.3 is 5.32 Å². The Hall–Kier alpha value is -2.84. The summed E-state index contributed by atoms with van der Waals surface area (Å²) in [4.78, 5) is 17.1. The summed E-state index contributed by atoms with van der Waals surface area (Å²) in [6, 6.07) is 14.1. The fourth-order valence-electron chi connectivity index (χ4n) is 3.01. The maximum atomic E-state index is 12.6. The van der Waals surface area contributed by atoms with Gasteiger partial charge in [-0.2, -0.15) is 5.10 Å². The van der Waals surface area contributed by atoms with Gasteiger partial charge in [0.05, 0.1) is 10.2 Å². The van der Waals surface area contributed by atoms with E-state index in [1.165, 1.54) is 16.9 Å². The van der Waals surface area contributed by atoms with E-state index >= 15 is 0 Å². The first-order chi connectivity index (χ1) is 13.5. The maximum absolute atomic E-state index is 12.6. The second-order valence-electron chi connectivity index (χ2n) is 6.53. The Morgan fingerprint density at radius 3 is 2.93 bits per heavy atom. The van der Waals surface area contributed by atoms with Gasteiger partial charge in [0.25, 0.3) is 0 Å². The number of carbonyl (C=O) groups excluding carboxylic acids is 1. The van der Waals surface area contributed by atoms with E-state index in [9.17, 15) is 4.79 Å². The molecule has 4 rings (SSSR count). The zero-order chi connectivity index (χ0) is 19.7. The highest BCUT2D eigenvalue weighted by molar-refractivity contribution is 7.71. The average Bonchev–Trinajstić information content (AvgIpc) is 3.24. The number of hydrogen-bond donors (Lipinski definition) is 2. The minimum Gasteiger partial charge on any atom is -0.300 e. The van der Waals surface area contributed by atoms with E-state index in [0.29, 0.717) is 15.7 Å². The third-order valence-corrected chi connectivity index (χ3v) is 5.69. The number of aromatic amines is 1. The molecule has 4 aromatic rings. The Kier molecular flexibility index (Phi) is 5.06. The van der Waals surface area contributed by atoms with Crippen molar-refractivity contribution in [2.45, 2.75) is 26.8 Å². The van der Waals surface area contributed by atoms with E-state index < -0.39 is 0 Å². The summed E-state index contributed by atoms with van der Waals surface area (Å²) in [6.45, 7) is 4.19. The number of aryl methyl sites for hydroxylation is 2. The van der Waals surface area contributed by atoms with Crippen LogP contribution in [0.4, 0.5) is 5.13 Å². The largest absolute Gasteiger partial charge is 0.300 e. The zero-order valence-corrected chi connectivity index (χ0v) is 17.2. The SMILES string of the molecule is CCc1ccc2nc(NC(=O)Cn3c(-c4cccc(C)c4)n[nH]c3=S)sc2c1. The molecule has 1 amide bonds. The highest BCUT2D eigenvalue weighted by Gasteiger charge is 2.14. The van der Waals surface area contributed by atoms with Crippen molar-refractivity contribution in [3.05, 3.63) is 58.4 Å². The molecular weight excluding hydrogens is 390 g/mol. The first kappa shape index (κ1) is 18.5. The number of fused-ring (bicyclic) bond motifs is 1. The van der Waals surface area contributed by atoms with Crippen molar-refractivity contribution in [1.82, 2.24) is 19.7 Å². The average molecular weight is 410 g/mol. The van der Waals surface area contributed by atoms with Gasteiger partial charge in [-0.15, -0.1) is 0 Å². The Balaban J connectivity index is 1.56.